The Hall–Kier alpha value is -1.13. The average Bonchev–Trinajstić information content (AvgIpc) is 2.44. The third-order valence-corrected chi connectivity index (χ3v) is 3.74. The fourth-order valence-corrected chi connectivity index (χ4v) is 2.72. The molecule has 0 amide bonds. The van der Waals surface area contributed by atoms with Crippen molar-refractivity contribution in [3.8, 4) is 5.75 Å². The maximum absolute atomic E-state index is 13.8. The van der Waals surface area contributed by atoms with Crippen LogP contribution in [-0.2, 0) is 11.2 Å². The van der Waals surface area contributed by atoms with Crippen molar-refractivity contribution in [2.24, 2.45) is 5.41 Å². The molecule has 0 fully saturated rings. The topological polar surface area (TPSA) is 30.5 Å². The lowest BCUT2D eigenvalue weighted by molar-refractivity contribution is 0.190. The van der Waals surface area contributed by atoms with Crippen LogP contribution in [0.2, 0.25) is 0 Å². The van der Waals surface area contributed by atoms with Crippen molar-refractivity contribution >= 4 is 0 Å². The van der Waals surface area contributed by atoms with Crippen molar-refractivity contribution < 1.29 is 13.9 Å². The van der Waals surface area contributed by atoms with Gasteiger partial charge in [-0.3, -0.25) is 0 Å². The highest BCUT2D eigenvalue weighted by Crippen LogP contribution is 2.29. The molecule has 0 aliphatic rings. The lowest BCUT2D eigenvalue weighted by Crippen LogP contribution is -2.35. The van der Waals surface area contributed by atoms with E-state index in [9.17, 15) is 4.39 Å². The van der Waals surface area contributed by atoms with Crippen LogP contribution in [0.3, 0.4) is 0 Å². The van der Waals surface area contributed by atoms with Gasteiger partial charge in [-0.1, -0.05) is 26.3 Å². The fraction of sp³-hybridized carbons (Fsp3) is 0.647. The first-order chi connectivity index (χ1) is 10.0. The van der Waals surface area contributed by atoms with Gasteiger partial charge in [-0.2, -0.15) is 0 Å². The van der Waals surface area contributed by atoms with E-state index in [2.05, 4.69) is 19.2 Å². The van der Waals surface area contributed by atoms with Gasteiger partial charge in [0, 0.05) is 20.2 Å². The van der Waals surface area contributed by atoms with Gasteiger partial charge < -0.3 is 14.8 Å². The van der Waals surface area contributed by atoms with Crippen molar-refractivity contribution in [3.05, 3.63) is 29.6 Å². The Morgan fingerprint density at radius 2 is 2.05 bits per heavy atom. The molecule has 0 radical (unpaired) electrons. The molecule has 1 rings (SSSR count). The van der Waals surface area contributed by atoms with E-state index < -0.39 is 0 Å². The van der Waals surface area contributed by atoms with Gasteiger partial charge in [-0.15, -0.1) is 0 Å². The molecule has 1 aromatic carbocycles. The number of ether oxygens (including phenoxy) is 2. The Morgan fingerprint density at radius 1 is 1.29 bits per heavy atom. The minimum atomic E-state index is -0.291. The molecule has 21 heavy (non-hydrogen) atoms. The first kappa shape index (κ1) is 17.9. The fourth-order valence-electron chi connectivity index (χ4n) is 2.72. The molecule has 0 spiro atoms. The molecule has 120 valence electrons. The first-order valence-corrected chi connectivity index (χ1v) is 7.56. The Kier molecular flexibility index (Phi) is 7.68. The van der Waals surface area contributed by atoms with Gasteiger partial charge in [0.15, 0.2) is 11.6 Å². The van der Waals surface area contributed by atoms with Crippen LogP contribution in [0.1, 0.15) is 32.3 Å². The van der Waals surface area contributed by atoms with Gasteiger partial charge in [0.25, 0.3) is 0 Å². The first-order valence-electron chi connectivity index (χ1n) is 7.56. The summed E-state index contributed by atoms with van der Waals surface area (Å²) in [6.45, 7) is 6.88. The van der Waals surface area contributed by atoms with Crippen LogP contribution in [0.4, 0.5) is 4.39 Å². The molecule has 1 aromatic rings. The maximum atomic E-state index is 13.8. The molecule has 0 aliphatic heterocycles. The van der Waals surface area contributed by atoms with Crippen LogP contribution in [0.25, 0.3) is 0 Å². The van der Waals surface area contributed by atoms with E-state index in [-0.39, 0.29) is 11.2 Å². The second-order valence-electron chi connectivity index (χ2n) is 5.88. The van der Waals surface area contributed by atoms with E-state index in [1.165, 1.54) is 7.11 Å². The van der Waals surface area contributed by atoms with Gasteiger partial charge in [-0.25, -0.2) is 4.39 Å². The Morgan fingerprint density at radius 3 is 2.62 bits per heavy atom. The highest BCUT2D eigenvalue weighted by atomic mass is 19.1. The van der Waals surface area contributed by atoms with Gasteiger partial charge >= 0.3 is 0 Å². The molecule has 1 unspecified atom stereocenters. The minimum Gasteiger partial charge on any atom is -0.494 e. The number of hydrogen-bond acceptors (Lipinski definition) is 3. The Bertz CT molecular complexity index is 425. The highest BCUT2D eigenvalue weighted by Gasteiger charge is 2.24. The second-order valence-corrected chi connectivity index (χ2v) is 5.88. The highest BCUT2D eigenvalue weighted by molar-refractivity contribution is 5.29. The van der Waals surface area contributed by atoms with Crippen molar-refractivity contribution in [2.45, 2.75) is 33.1 Å². The average molecular weight is 297 g/mol. The summed E-state index contributed by atoms with van der Waals surface area (Å²) < 4.78 is 23.8. The van der Waals surface area contributed by atoms with Crippen molar-refractivity contribution in [3.63, 3.8) is 0 Å². The van der Waals surface area contributed by atoms with Gasteiger partial charge in [0.05, 0.1) is 13.7 Å². The molecule has 1 N–H and O–H groups in total. The molecule has 0 heterocycles. The van der Waals surface area contributed by atoms with Gasteiger partial charge in [-0.05, 0) is 36.0 Å². The summed E-state index contributed by atoms with van der Waals surface area (Å²) in [5.41, 5.74) is 1.13. The zero-order valence-electron chi connectivity index (χ0n) is 13.7. The number of methoxy groups -OCH3 is 2. The number of nitrogens with one attached hydrogen (secondary N) is 1. The number of hydrogen-bond donors (Lipinski definition) is 1. The summed E-state index contributed by atoms with van der Waals surface area (Å²) in [6.07, 6.45) is 3.06. The summed E-state index contributed by atoms with van der Waals surface area (Å²) in [6, 6.07) is 5.24. The third-order valence-electron chi connectivity index (χ3n) is 3.74. The van der Waals surface area contributed by atoms with E-state index in [1.54, 1.807) is 19.2 Å². The monoisotopic (exact) mass is 297 g/mol. The predicted octanol–water partition coefficient (Wildman–Crippen LogP) is 3.42. The van der Waals surface area contributed by atoms with E-state index in [4.69, 9.17) is 9.47 Å². The molecule has 0 saturated heterocycles. The molecule has 0 bridgehead atoms. The Labute approximate surface area is 127 Å². The van der Waals surface area contributed by atoms with E-state index in [0.29, 0.717) is 12.4 Å². The number of halogens is 1. The summed E-state index contributed by atoms with van der Waals surface area (Å²) in [5, 5.41) is 3.43. The van der Waals surface area contributed by atoms with E-state index >= 15 is 0 Å². The SMILES string of the molecule is CCCC(C)(CNCCOC)Cc1ccc(OC)c(F)c1. The Balaban J connectivity index is 2.69. The lowest BCUT2D eigenvalue weighted by Gasteiger charge is -2.30. The third kappa shape index (κ3) is 6.02. The zero-order chi connectivity index (χ0) is 15.7. The van der Waals surface area contributed by atoms with Crippen LogP contribution in [0.5, 0.6) is 5.75 Å². The smallest absolute Gasteiger partial charge is 0.165 e. The molecule has 4 heteroatoms. The van der Waals surface area contributed by atoms with E-state index in [1.807, 2.05) is 6.07 Å². The molecular weight excluding hydrogens is 269 g/mol. The molecule has 0 aliphatic carbocycles. The molecule has 1 atom stereocenters. The van der Waals surface area contributed by atoms with Crippen molar-refractivity contribution in [1.82, 2.24) is 5.32 Å². The molecule has 3 nitrogen and oxygen atoms in total. The number of benzene rings is 1. The zero-order valence-corrected chi connectivity index (χ0v) is 13.7. The van der Waals surface area contributed by atoms with Crippen LogP contribution in [0.15, 0.2) is 18.2 Å². The normalized spacial score (nSPS) is 14.0. The summed E-state index contributed by atoms with van der Waals surface area (Å²) in [4.78, 5) is 0. The van der Waals surface area contributed by atoms with Crippen LogP contribution < -0.4 is 10.1 Å². The molecule has 0 aromatic heterocycles. The van der Waals surface area contributed by atoms with Gasteiger partial charge in [0.2, 0.25) is 0 Å². The lowest BCUT2D eigenvalue weighted by atomic mass is 9.79. The van der Waals surface area contributed by atoms with Crippen LogP contribution in [0, 0.1) is 11.2 Å². The maximum Gasteiger partial charge on any atom is 0.165 e. The van der Waals surface area contributed by atoms with Crippen molar-refractivity contribution in [2.75, 3.05) is 33.9 Å². The standard InChI is InChI=1S/C17H28FNO2/c1-5-8-17(2,13-19-9-10-20-3)12-14-6-7-16(21-4)15(18)11-14/h6-7,11,19H,5,8-10,12-13H2,1-4H3. The predicted molar refractivity (Wildman–Crippen MR) is 84.4 cm³/mol. The van der Waals surface area contributed by atoms with Crippen molar-refractivity contribution in [1.29, 1.82) is 0 Å². The van der Waals surface area contributed by atoms with Crippen LogP contribution >= 0.6 is 0 Å². The quantitative estimate of drug-likeness (QED) is 0.671. The molecular formula is C17H28FNO2. The van der Waals surface area contributed by atoms with E-state index in [0.717, 1.165) is 37.9 Å². The minimum absolute atomic E-state index is 0.115. The van der Waals surface area contributed by atoms with Gasteiger partial charge in [0.1, 0.15) is 0 Å². The summed E-state index contributed by atoms with van der Waals surface area (Å²) >= 11 is 0. The van der Waals surface area contributed by atoms with Crippen LogP contribution in [-0.4, -0.2) is 33.9 Å². The summed E-state index contributed by atoms with van der Waals surface area (Å²) in [7, 11) is 3.19. The largest absolute Gasteiger partial charge is 0.494 e. The number of rotatable bonds is 10. The summed E-state index contributed by atoms with van der Waals surface area (Å²) in [5.74, 6) is 0.00959. The molecule has 0 saturated carbocycles. The second kappa shape index (κ2) is 9.00.